The topological polar surface area (TPSA) is 50.9 Å². The van der Waals surface area contributed by atoms with Crippen LogP contribution < -0.4 is 0 Å². The van der Waals surface area contributed by atoms with Crippen LogP contribution in [-0.4, -0.2) is 19.6 Å². The summed E-state index contributed by atoms with van der Waals surface area (Å²) in [5.74, 6) is 0.775. The van der Waals surface area contributed by atoms with E-state index in [1.54, 1.807) is 18.6 Å². The second-order valence-corrected chi connectivity index (χ2v) is 4.72. The lowest BCUT2D eigenvalue weighted by Crippen LogP contribution is -1.97. The Labute approximate surface area is 111 Å². The molecule has 0 aliphatic rings. The smallest absolute Gasteiger partial charge is 0.138 e. The van der Waals surface area contributed by atoms with E-state index in [4.69, 9.17) is 0 Å². The first-order chi connectivity index (χ1) is 9.19. The molecule has 4 heteroatoms. The van der Waals surface area contributed by atoms with Gasteiger partial charge in [-0.2, -0.15) is 0 Å². The molecule has 3 rings (SSSR count). The molecule has 96 valence electrons. The van der Waals surface area contributed by atoms with Gasteiger partial charge in [0.25, 0.3) is 0 Å². The Bertz CT molecular complexity index is 746. The van der Waals surface area contributed by atoms with Crippen molar-refractivity contribution in [3.8, 4) is 5.82 Å². The molecule has 0 atom stereocenters. The Morgan fingerprint density at radius 1 is 1.11 bits per heavy atom. The standard InChI is InChI=1S/C15H15N3O/c1-10-5-13-14(6-11(10)2)18(9-17-13)15-7-12(8-19)3-4-16-15/h3-7,9,19H,8H2,1-2H3. The third-order valence-corrected chi connectivity index (χ3v) is 3.40. The van der Waals surface area contributed by atoms with E-state index in [1.807, 2.05) is 10.6 Å². The Morgan fingerprint density at radius 2 is 1.89 bits per heavy atom. The molecular weight excluding hydrogens is 238 g/mol. The van der Waals surface area contributed by atoms with Crippen LogP contribution in [0, 0.1) is 13.8 Å². The number of fused-ring (bicyclic) bond motifs is 1. The van der Waals surface area contributed by atoms with Gasteiger partial charge in [0.05, 0.1) is 17.6 Å². The molecule has 0 radical (unpaired) electrons. The van der Waals surface area contributed by atoms with Crippen LogP contribution in [0.5, 0.6) is 0 Å². The number of pyridine rings is 1. The number of hydrogen-bond acceptors (Lipinski definition) is 3. The van der Waals surface area contributed by atoms with Crippen molar-refractivity contribution >= 4 is 11.0 Å². The third-order valence-electron chi connectivity index (χ3n) is 3.40. The fourth-order valence-corrected chi connectivity index (χ4v) is 2.14. The summed E-state index contributed by atoms with van der Waals surface area (Å²) in [5.41, 5.74) is 5.29. The van der Waals surface area contributed by atoms with Crippen LogP contribution >= 0.6 is 0 Å². The molecule has 0 unspecified atom stereocenters. The van der Waals surface area contributed by atoms with E-state index in [0.29, 0.717) is 0 Å². The van der Waals surface area contributed by atoms with Crippen molar-refractivity contribution < 1.29 is 5.11 Å². The molecule has 2 aromatic heterocycles. The van der Waals surface area contributed by atoms with Crippen LogP contribution in [-0.2, 0) is 6.61 Å². The van der Waals surface area contributed by atoms with Crippen molar-refractivity contribution in [1.29, 1.82) is 0 Å². The summed E-state index contributed by atoms with van der Waals surface area (Å²) >= 11 is 0. The highest BCUT2D eigenvalue weighted by atomic mass is 16.3. The predicted octanol–water partition coefficient (Wildman–Crippen LogP) is 2.53. The monoisotopic (exact) mass is 253 g/mol. The fraction of sp³-hybridized carbons (Fsp3) is 0.200. The molecule has 1 aromatic carbocycles. The molecule has 0 fully saturated rings. The summed E-state index contributed by atoms with van der Waals surface area (Å²) in [6.07, 6.45) is 3.47. The summed E-state index contributed by atoms with van der Waals surface area (Å²) in [4.78, 5) is 8.76. The minimum atomic E-state index is 0.0142. The van der Waals surface area contributed by atoms with Gasteiger partial charge in [0.1, 0.15) is 12.1 Å². The van der Waals surface area contributed by atoms with E-state index in [1.165, 1.54) is 11.1 Å². The number of nitrogens with zero attached hydrogens (tertiary/aromatic N) is 3. The Balaban J connectivity index is 2.22. The number of aryl methyl sites for hydroxylation is 2. The Kier molecular flexibility index (Phi) is 2.80. The first-order valence-electron chi connectivity index (χ1n) is 6.19. The highest BCUT2D eigenvalue weighted by molar-refractivity contribution is 5.78. The van der Waals surface area contributed by atoms with Crippen molar-refractivity contribution in [2.45, 2.75) is 20.5 Å². The molecule has 0 saturated heterocycles. The Morgan fingerprint density at radius 3 is 2.68 bits per heavy atom. The number of benzene rings is 1. The SMILES string of the molecule is Cc1cc2ncn(-c3cc(CO)ccn3)c2cc1C. The van der Waals surface area contributed by atoms with Crippen LogP contribution in [0.15, 0.2) is 36.8 Å². The molecule has 0 amide bonds. The van der Waals surface area contributed by atoms with Crippen molar-refractivity contribution in [1.82, 2.24) is 14.5 Å². The zero-order valence-corrected chi connectivity index (χ0v) is 11.0. The van der Waals surface area contributed by atoms with Crippen molar-refractivity contribution in [3.05, 3.63) is 53.5 Å². The van der Waals surface area contributed by atoms with Crippen molar-refractivity contribution in [2.75, 3.05) is 0 Å². The zero-order valence-electron chi connectivity index (χ0n) is 11.0. The van der Waals surface area contributed by atoms with Gasteiger partial charge in [-0.1, -0.05) is 0 Å². The van der Waals surface area contributed by atoms with Crippen LogP contribution in [0.25, 0.3) is 16.9 Å². The van der Waals surface area contributed by atoms with Gasteiger partial charge in [0, 0.05) is 6.20 Å². The van der Waals surface area contributed by atoms with E-state index in [0.717, 1.165) is 22.4 Å². The molecule has 0 saturated carbocycles. The summed E-state index contributed by atoms with van der Waals surface area (Å²) in [7, 11) is 0. The lowest BCUT2D eigenvalue weighted by Gasteiger charge is -2.06. The van der Waals surface area contributed by atoms with Gasteiger partial charge in [-0.15, -0.1) is 0 Å². The largest absolute Gasteiger partial charge is 0.392 e. The lowest BCUT2D eigenvalue weighted by atomic mass is 10.1. The first-order valence-corrected chi connectivity index (χ1v) is 6.19. The lowest BCUT2D eigenvalue weighted by molar-refractivity contribution is 0.281. The number of aliphatic hydroxyl groups is 1. The van der Waals surface area contributed by atoms with E-state index in [9.17, 15) is 5.11 Å². The first kappa shape index (κ1) is 11.9. The van der Waals surface area contributed by atoms with Gasteiger partial charge in [0.2, 0.25) is 0 Å². The highest BCUT2D eigenvalue weighted by Gasteiger charge is 2.07. The van der Waals surface area contributed by atoms with Crippen molar-refractivity contribution in [2.24, 2.45) is 0 Å². The highest BCUT2D eigenvalue weighted by Crippen LogP contribution is 2.21. The molecule has 0 aliphatic carbocycles. The van der Waals surface area contributed by atoms with E-state index < -0.39 is 0 Å². The minimum Gasteiger partial charge on any atom is -0.392 e. The summed E-state index contributed by atoms with van der Waals surface area (Å²) < 4.78 is 1.95. The fourth-order valence-electron chi connectivity index (χ4n) is 2.14. The maximum absolute atomic E-state index is 9.20. The van der Waals surface area contributed by atoms with E-state index in [-0.39, 0.29) is 6.61 Å². The van der Waals surface area contributed by atoms with Crippen LogP contribution in [0.4, 0.5) is 0 Å². The average Bonchev–Trinajstić information content (AvgIpc) is 2.82. The number of aliphatic hydroxyl groups excluding tert-OH is 1. The molecule has 0 aliphatic heterocycles. The number of rotatable bonds is 2. The quantitative estimate of drug-likeness (QED) is 0.763. The van der Waals surface area contributed by atoms with Crippen LogP contribution in [0.2, 0.25) is 0 Å². The molecule has 1 N–H and O–H groups in total. The van der Waals surface area contributed by atoms with E-state index >= 15 is 0 Å². The molecule has 19 heavy (non-hydrogen) atoms. The van der Waals surface area contributed by atoms with Crippen LogP contribution in [0.1, 0.15) is 16.7 Å². The van der Waals surface area contributed by atoms with Gasteiger partial charge in [0.15, 0.2) is 0 Å². The second-order valence-electron chi connectivity index (χ2n) is 4.72. The second kappa shape index (κ2) is 4.48. The number of aromatic nitrogens is 3. The molecule has 0 bridgehead atoms. The average molecular weight is 253 g/mol. The molecular formula is C15H15N3O. The summed E-state index contributed by atoms with van der Waals surface area (Å²) in [5, 5.41) is 9.20. The van der Waals surface area contributed by atoms with Gasteiger partial charge in [-0.3, -0.25) is 4.57 Å². The summed E-state index contributed by atoms with van der Waals surface area (Å²) in [6, 6.07) is 7.87. The predicted molar refractivity (Wildman–Crippen MR) is 74.3 cm³/mol. The maximum Gasteiger partial charge on any atom is 0.138 e. The van der Waals surface area contributed by atoms with Crippen LogP contribution in [0.3, 0.4) is 0 Å². The minimum absolute atomic E-state index is 0.0142. The van der Waals surface area contributed by atoms with E-state index in [2.05, 4.69) is 35.9 Å². The molecule has 4 nitrogen and oxygen atoms in total. The van der Waals surface area contributed by atoms with Gasteiger partial charge < -0.3 is 5.11 Å². The van der Waals surface area contributed by atoms with Gasteiger partial charge >= 0.3 is 0 Å². The normalized spacial score (nSPS) is 11.1. The molecule has 0 spiro atoms. The Hall–Kier alpha value is -2.20. The molecule has 2 heterocycles. The molecule has 3 aromatic rings. The van der Waals surface area contributed by atoms with Gasteiger partial charge in [-0.25, -0.2) is 9.97 Å². The number of imidazole rings is 1. The third kappa shape index (κ3) is 2.00. The van der Waals surface area contributed by atoms with Crippen molar-refractivity contribution in [3.63, 3.8) is 0 Å². The maximum atomic E-state index is 9.20. The zero-order chi connectivity index (χ0) is 13.4. The summed E-state index contributed by atoms with van der Waals surface area (Å²) in [6.45, 7) is 4.18. The number of hydrogen-bond donors (Lipinski definition) is 1. The van der Waals surface area contributed by atoms with Gasteiger partial charge in [-0.05, 0) is 54.8 Å².